The number of aromatic hydroxyl groups is 4. The molecular formula is C25H16Cl4O7S. The van der Waals surface area contributed by atoms with Crippen LogP contribution in [0.4, 0.5) is 0 Å². The number of ketones is 1. The van der Waals surface area contributed by atoms with Crippen LogP contribution in [0.1, 0.15) is 15.9 Å². The zero-order valence-corrected chi connectivity index (χ0v) is 22.2. The highest BCUT2D eigenvalue weighted by Crippen LogP contribution is 2.36. The second-order valence-electron chi connectivity index (χ2n) is 7.40. The second-order valence-corrected chi connectivity index (χ2v) is 11.0. The van der Waals surface area contributed by atoms with Crippen LogP contribution in [0.3, 0.4) is 0 Å². The average Bonchev–Trinajstić information content (AvgIpc) is 2.85. The van der Waals surface area contributed by atoms with E-state index in [0.717, 1.165) is 0 Å². The van der Waals surface area contributed by atoms with Crippen LogP contribution in [0, 0.1) is 0 Å². The molecular weight excluding hydrogens is 586 g/mol. The Bertz CT molecular complexity index is 1410. The van der Waals surface area contributed by atoms with Gasteiger partial charge >= 0.3 is 0 Å². The molecule has 4 rings (SSSR count). The molecule has 0 fully saturated rings. The highest BCUT2D eigenvalue weighted by atomic mass is 35.5. The molecule has 0 aliphatic rings. The predicted octanol–water partition coefficient (Wildman–Crippen LogP) is 6.87. The maximum Gasteiger partial charge on any atom is 0.206 e. The van der Waals surface area contributed by atoms with Crippen molar-refractivity contribution in [1.29, 1.82) is 0 Å². The molecule has 4 aromatic carbocycles. The Kier molecular flexibility index (Phi) is 8.84. The summed E-state index contributed by atoms with van der Waals surface area (Å²) in [6.07, 6.45) is 0. The maximum absolute atomic E-state index is 12.3. The lowest BCUT2D eigenvalue weighted by molar-refractivity contribution is 0.103. The van der Waals surface area contributed by atoms with E-state index in [1.54, 1.807) is 0 Å². The Morgan fingerprint density at radius 2 is 0.811 bits per heavy atom. The van der Waals surface area contributed by atoms with Gasteiger partial charge < -0.3 is 20.4 Å². The number of phenolic OH excluding ortho intramolecular Hbond substituents is 4. The van der Waals surface area contributed by atoms with Gasteiger partial charge in [-0.05, 0) is 72.8 Å². The summed E-state index contributed by atoms with van der Waals surface area (Å²) in [4.78, 5) is 12.5. The largest absolute Gasteiger partial charge is 0.508 e. The van der Waals surface area contributed by atoms with Gasteiger partial charge in [0, 0.05) is 11.1 Å². The third-order valence-corrected chi connectivity index (χ3v) is 7.79. The van der Waals surface area contributed by atoms with E-state index in [9.17, 15) is 23.4 Å². The van der Waals surface area contributed by atoms with Gasteiger partial charge in [0.15, 0.2) is 17.3 Å². The Labute approximate surface area is 231 Å². The quantitative estimate of drug-likeness (QED) is 0.188. The van der Waals surface area contributed by atoms with Gasteiger partial charge in [-0.3, -0.25) is 4.79 Å². The molecule has 192 valence electrons. The van der Waals surface area contributed by atoms with Gasteiger partial charge in [-0.25, -0.2) is 8.42 Å². The SMILES string of the molecule is O=C(c1cc(Cl)c(O)c(Cl)c1)c1cc(Cl)c(O)c(Cl)c1.O=S(=O)(c1ccc(O)cc1)c1ccc(O)cc1. The number of halogens is 4. The summed E-state index contributed by atoms with van der Waals surface area (Å²) in [5, 5.41) is 36.9. The Morgan fingerprint density at radius 3 is 1.08 bits per heavy atom. The van der Waals surface area contributed by atoms with Crippen LogP contribution in [0.15, 0.2) is 82.6 Å². The van der Waals surface area contributed by atoms with Crippen LogP contribution in [0.5, 0.6) is 23.0 Å². The molecule has 0 radical (unpaired) electrons. The van der Waals surface area contributed by atoms with Gasteiger partial charge in [0.1, 0.15) is 11.5 Å². The van der Waals surface area contributed by atoms with Crippen LogP contribution in [-0.4, -0.2) is 34.6 Å². The Morgan fingerprint density at radius 1 is 0.541 bits per heavy atom. The van der Waals surface area contributed by atoms with E-state index in [1.165, 1.54) is 72.8 Å². The average molecular weight is 602 g/mol. The Hall–Kier alpha value is -3.14. The number of carbonyl (C=O) groups is 1. The molecule has 0 amide bonds. The molecule has 0 aliphatic heterocycles. The Balaban J connectivity index is 0.000000208. The van der Waals surface area contributed by atoms with Crippen LogP contribution < -0.4 is 0 Å². The summed E-state index contributed by atoms with van der Waals surface area (Å²) in [6.45, 7) is 0. The molecule has 4 aromatic rings. The zero-order valence-electron chi connectivity index (χ0n) is 18.4. The van der Waals surface area contributed by atoms with Crippen LogP contribution in [0.25, 0.3) is 0 Å². The van der Waals surface area contributed by atoms with Crippen LogP contribution in [0.2, 0.25) is 20.1 Å². The number of phenols is 4. The first kappa shape index (κ1) is 28.4. The first-order chi connectivity index (χ1) is 17.3. The lowest BCUT2D eigenvalue weighted by atomic mass is 10.0. The minimum Gasteiger partial charge on any atom is -0.508 e. The van der Waals surface area contributed by atoms with Crippen LogP contribution >= 0.6 is 46.4 Å². The van der Waals surface area contributed by atoms with Crippen molar-refractivity contribution >= 4 is 62.0 Å². The van der Waals surface area contributed by atoms with E-state index in [2.05, 4.69) is 0 Å². The topological polar surface area (TPSA) is 132 Å². The molecule has 0 bridgehead atoms. The second kappa shape index (κ2) is 11.5. The number of carbonyl (C=O) groups excluding carboxylic acids is 1. The van der Waals surface area contributed by atoms with Gasteiger partial charge in [0.25, 0.3) is 0 Å². The third-order valence-electron chi connectivity index (χ3n) is 4.85. The number of sulfone groups is 1. The summed E-state index contributed by atoms with van der Waals surface area (Å²) < 4.78 is 24.2. The van der Waals surface area contributed by atoms with E-state index >= 15 is 0 Å². The standard InChI is InChI=1S/C13H6Cl4O3.C12H10O4S/c14-7-1-5(2-8(15)12(7)19)11(18)6-3-9(16)13(20)10(17)4-6;13-9-1-5-11(6-2-9)17(15,16)12-7-3-10(14)4-8-12/h1-4,19-20H;1-8,13-14H. The molecule has 4 N–H and O–H groups in total. The molecule has 12 heteroatoms. The summed E-state index contributed by atoms with van der Waals surface area (Å²) >= 11 is 23.0. The molecule has 0 spiro atoms. The molecule has 0 saturated heterocycles. The first-order valence-corrected chi connectivity index (χ1v) is 13.0. The molecule has 7 nitrogen and oxygen atoms in total. The first-order valence-electron chi connectivity index (χ1n) is 10.0. The monoisotopic (exact) mass is 600 g/mol. The van der Waals surface area contributed by atoms with Crippen molar-refractivity contribution in [2.24, 2.45) is 0 Å². The molecule has 0 heterocycles. The fraction of sp³-hybridized carbons (Fsp3) is 0. The molecule has 0 saturated carbocycles. The van der Waals surface area contributed by atoms with E-state index in [-0.39, 0.29) is 64.0 Å². The van der Waals surface area contributed by atoms with Gasteiger partial charge in [-0.15, -0.1) is 0 Å². The molecule has 0 atom stereocenters. The van der Waals surface area contributed by atoms with Crippen molar-refractivity contribution in [3.8, 4) is 23.0 Å². The number of rotatable bonds is 4. The van der Waals surface area contributed by atoms with Crippen molar-refractivity contribution in [2.75, 3.05) is 0 Å². The minimum atomic E-state index is -3.59. The van der Waals surface area contributed by atoms with Crippen molar-refractivity contribution < 1.29 is 33.6 Å². The summed E-state index contributed by atoms with van der Waals surface area (Å²) in [5.74, 6) is -1.03. The number of hydrogen-bond acceptors (Lipinski definition) is 7. The van der Waals surface area contributed by atoms with Gasteiger partial charge in [0.05, 0.1) is 29.9 Å². The lowest BCUT2D eigenvalue weighted by Crippen LogP contribution is -2.01. The van der Waals surface area contributed by atoms with E-state index in [0.29, 0.717) is 0 Å². The van der Waals surface area contributed by atoms with E-state index in [1.807, 2.05) is 0 Å². The zero-order chi connectivity index (χ0) is 27.5. The van der Waals surface area contributed by atoms with Crippen LogP contribution in [-0.2, 0) is 9.84 Å². The van der Waals surface area contributed by atoms with Crippen molar-refractivity contribution in [1.82, 2.24) is 0 Å². The van der Waals surface area contributed by atoms with E-state index < -0.39 is 15.6 Å². The molecule has 0 aliphatic carbocycles. The van der Waals surface area contributed by atoms with Crippen molar-refractivity contribution in [3.63, 3.8) is 0 Å². The molecule has 37 heavy (non-hydrogen) atoms. The molecule has 0 unspecified atom stereocenters. The van der Waals surface area contributed by atoms with Crippen molar-refractivity contribution in [2.45, 2.75) is 9.79 Å². The third kappa shape index (κ3) is 6.60. The van der Waals surface area contributed by atoms with Gasteiger partial charge in [-0.1, -0.05) is 46.4 Å². The normalized spacial score (nSPS) is 10.9. The number of benzene rings is 4. The van der Waals surface area contributed by atoms with Crippen molar-refractivity contribution in [3.05, 3.63) is 104 Å². The predicted molar refractivity (Wildman–Crippen MR) is 141 cm³/mol. The van der Waals surface area contributed by atoms with E-state index in [4.69, 9.17) is 56.6 Å². The highest BCUT2D eigenvalue weighted by molar-refractivity contribution is 7.91. The summed E-state index contributed by atoms with van der Waals surface area (Å²) in [7, 11) is -3.59. The highest BCUT2D eigenvalue weighted by Gasteiger charge is 2.18. The molecule has 0 aromatic heterocycles. The van der Waals surface area contributed by atoms with Gasteiger partial charge in [0.2, 0.25) is 9.84 Å². The fourth-order valence-corrected chi connectivity index (χ4v) is 5.18. The van der Waals surface area contributed by atoms with Gasteiger partial charge in [-0.2, -0.15) is 0 Å². The lowest BCUT2D eigenvalue weighted by Gasteiger charge is -2.07. The maximum atomic E-state index is 12.3. The fourth-order valence-electron chi connectivity index (χ4n) is 2.95. The number of hydrogen-bond donors (Lipinski definition) is 4. The smallest absolute Gasteiger partial charge is 0.206 e. The summed E-state index contributed by atoms with van der Waals surface area (Å²) in [6, 6.07) is 15.7. The minimum absolute atomic E-state index is 0.00894. The summed E-state index contributed by atoms with van der Waals surface area (Å²) in [5.41, 5.74) is 0.325.